The number of hydrogen-bond donors (Lipinski definition) is 3. The SMILES string of the molecule is O=C(CNC1C(=O)Nc2cc(Br)ccc21)NC1CC1. The summed E-state index contributed by atoms with van der Waals surface area (Å²) in [5, 5.41) is 8.69. The number of carbonyl (C=O) groups excluding carboxylic acids is 2. The molecular formula is C13H14BrN3O2. The molecule has 1 atom stereocenters. The van der Waals surface area contributed by atoms with Crippen LogP contribution in [-0.2, 0) is 9.59 Å². The maximum absolute atomic E-state index is 11.9. The summed E-state index contributed by atoms with van der Waals surface area (Å²) >= 11 is 3.37. The molecule has 3 rings (SSSR count). The first-order chi connectivity index (χ1) is 9.13. The zero-order valence-corrected chi connectivity index (χ0v) is 11.8. The molecule has 1 aromatic carbocycles. The Kier molecular flexibility index (Phi) is 3.28. The summed E-state index contributed by atoms with van der Waals surface area (Å²) in [5.74, 6) is -0.173. The summed E-state index contributed by atoms with van der Waals surface area (Å²) in [6, 6.07) is 5.52. The summed E-state index contributed by atoms with van der Waals surface area (Å²) in [6.45, 7) is 0.157. The lowest BCUT2D eigenvalue weighted by molar-refractivity contribution is -0.121. The molecule has 3 N–H and O–H groups in total. The normalized spacial score (nSPS) is 20.9. The van der Waals surface area contributed by atoms with Gasteiger partial charge >= 0.3 is 0 Å². The third-order valence-electron chi connectivity index (χ3n) is 3.26. The molecule has 1 aliphatic carbocycles. The minimum Gasteiger partial charge on any atom is -0.352 e. The molecule has 1 unspecified atom stereocenters. The number of hydrogen-bond acceptors (Lipinski definition) is 3. The van der Waals surface area contributed by atoms with Gasteiger partial charge in [0.25, 0.3) is 0 Å². The minimum atomic E-state index is -0.451. The lowest BCUT2D eigenvalue weighted by Crippen LogP contribution is -2.38. The standard InChI is InChI=1S/C13H14BrN3O2/c14-7-1-4-9-10(5-7)17-13(19)12(9)15-6-11(18)16-8-2-3-8/h1,4-5,8,12,15H,2-3,6H2,(H,16,18)(H,17,19). The predicted molar refractivity (Wildman–Crippen MR) is 74.7 cm³/mol. The van der Waals surface area contributed by atoms with Crippen LogP contribution in [0.4, 0.5) is 5.69 Å². The van der Waals surface area contributed by atoms with Crippen molar-refractivity contribution in [1.29, 1.82) is 0 Å². The summed E-state index contributed by atoms with van der Waals surface area (Å²) < 4.78 is 0.915. The summed E-state index contributed by atoms with van der Waals surface area (Å²) in [5.41, 5.74) is 1.67. The number of rotatable bonds is 4. The monoisotopic (exact) mass is 323 g/mol. The number of halogens is 1. The third-order valence-corrected chi connectivity index (χ3v) is 3.75. The molecule has 5 nitrogen and oxygen atoms in total. The molecule has 1 aromatic rings. The maximum atomic E-state index is 11.9. The number of amides is 2. The van der Waals surface area contributed by atoms with E-state index in [1.54, 1.807) is 0 Å². The van der Waals surface area contributed by atoms with E-state index in [9.17, 15) is 9.59 Å². The highest BCUT2D eigenvalue weighted by atomic mass is 79.9. The van der Waals surface area contributed by atoms with Gasteiger partial charge < -0.3 is 10.6 Å². The first-order valence-electron chi connectivity index (χ1n) is 6.26. The van der Waals surface area contributed by atoms with E-state index >= 15 is 0 Å². The molecule has 1 fully saturated rings. The van der Waals surface area contributed by atoms with Crippen LogP contribution in [0.5, 0.6) is 0 Å². The smallest absolute Gasteiger partial charge is 0.246 e. The van der Waals surface area contributed by atoms with E-state index in [-0.39, 0.29) is 18.4 Å². The first kappa shape index (κ1) is 12.6. The fourth-order valence-corrected chi connectivity index (χ4v) is 2.50. The molecule has 1 aliphatic heterocycles. The third kappa shape index (κ3) is 2.79. The molecule has 0 radical (unpaired) electrons. The molecule has 2 amide bonds. The molecule has 1 saturated carbocycles. The van der Waals surface area contributed by atoms with Crippen LogP contribution < -0.4 is 16.0 Å². The fourth-order valence-electron chi connectivity index (χ4n) is 2.14. The average Bonchev–Trinajstić information content (AvgIpc) is 3.10. The van der Waals surface area contributed by atoms with Gasteiger partial charge in [-0.15, -0.1) is 0 Å². The topological polar surface area (TPSA) is 70.2 Å². The molecule has 2 aliphatic rings. The van der Waals surface area contributed by atoms with Crippen molar-refractivity contribution in [3.63, 3.8) is 0 Å². The molecule has 1 heterocycles. The molecule has 0 saturated heterocycles. The second kappa shape index (κ2) is 4.94. The average molecular weight is 324 g/mol. The van der Waals surface area contributed by atoms with Crippen LogP contribution in [0.1, 0.15) is 24.4 Å². The Morgan fingerprint density at radius 3 is 2.95 bits per heavy atom. The van der Waals surface area contributed by atoms with Crippen molar-refractivity contribution in [2.24, 2.45) is 0 Å². The molecule has 19 heavy (non-hydrogen) atoms. The number of nitrogens with one attached hydrogen (secondary N) is 3. The second-order valence-electron chi connectivity index (χ2n) is 4.88. The van der Waals surface area contributed by atoms with Crippen LogP contribution in [-0.4, -0.2) is 24.4 Å². The Bertz CT molecular complexity index is 543. The van der Waals surface area contributed by atoms with E-state index in [0.717, 1.165) is 28.6 Å². The van der Waals surface area contributed by atoms with E-state index in [0.29, 0.717) is 6.04 Å². The van der Waals surface area contributed by atoms with Crippen molar-refractivity contribution in [3.8, 4) is 0 Å². The Labute approximate surface area is 119 Å². The van der Waals surface area contributed by atoms with Gasteiger partial charge in [-0.2, -0.15) is 0 Å². The van der Waals surface area contributed by atoms with Gasteiger partial charge in [0, 0.05) is 21.8 Å². The van der Waals surface area contributed by atoms with Gasteiger partial charge in [0.05, 0.1) is 6.54 Å². The van der Waals surface area contributed by atoms with Crippen molar-refractivity contribution in [2.75, 3.05) is 11.9 Å². The lowest BCUT2D eigenvalue weighted by atomic mass is 10.1. The van der Waals surface area contributed by atoms with Gasteiger partial charge in [0.15, 0.2) is 0 Å². The van der Waals surface area contributed by atoms with Crippen molar-refractivity contribution in [1.82, 2.24) is 10.6 Å². The number of fused-ring (bicyclic) bond motifs is 1. The zero-order valence-electron chi connectivity index (χ0n) is 10.2. The van der Waals surface area contributed by atoms with Gasteiger partial charge in [-0.25, -0.2) is 0 Å². The van der Waals surface area contributed by atoms with E-state index in [2.05, 4.69) is 31.9 Å². The van der Waals surface area contributed by atoms with Crippen LogP contribution >= 0.6 is 15.9 Å². The second-order valence-corrected chi connectivity index (χ2v) is 5.79. The minimum absolute atomic E-state index is 0.0548. The van der Waals surface area contributed by atoms with Gasteiger partial charge in [0.1, 0.15) is 6.04 Å². The van der Waals surface area contributed by atoms with E-state index < -0.39 is 6.04 Å². The van der Waals surface area contributed by atoms with Gasteiger partial charge in [-0.1, -0.05) is 22.0 Å². The van der Waals surface area contributed by atoms with Crippen LogP contribution in [0, 0.1) is 0 Å². The summed E-state index contributed by atoms with van der Waals surface area (Å²) in [6.07, 6.45) is 2.12. The molecule has 0 bridgehead atoms. The van der Waals surface area contributed by atoms with Crippen LogP contribution in [0.2, 0.25) is 0 Å². The number of carbonyl (C=O) groups is 2. The maximum Gasteiger partial charge on any atom is 0.246 e. The van der Waals surface area contributed by atoms with Crippen molar-refractivity contribution in [3.05, 3.63) is 28.2 Å². The molecule has 0 spiro atoms. The van der Waals surface area contributed by atoms with Crippen molar-refractivity contribution >= 4 is 33.4 Å². The van der Waals surface area contributed by atoms with Gasteiger partial charge in [-0.05, 0) is 25.0 Å². The van der Waals surface area contributed by atoms with E-state index in [1.165, 1.54) is 0 Å². The molecule has 0 aromatic heterocycles. The molecule has 100 valence electrons. The lowest BCUT2D eigenvalue weighted by Gasteiger charge is -2.11. The highest BCUT2D eigenvalue weighted by Crippen LogP contribution is 2.32. The Morgan fingerprint density at radius 2 is 2.21 bits per heavy atom. The van der Waals surface area contributed by atoms with Crippen LogP contribution in [0.15, 0.2) is 22.7 Å². The zero-order chi connectivity index (χ0) is 13.4. The summed E-state index contributed by atoms with van der Waals surface area (Å²) in [4.78, 5) is 23.5. The Balaban J connectivity index is 1.64. The molecule has 6 heteroatoms. The summed E-state index contributed by atoms with van der Waals surface area (Å²) in [7, 11) is 0. The highest BCUT2D eigenvalue weighted by molar-refractivity contribution is 9.10. The predicted octanol–water partition coefficient (Wildman–Crippen LogP) is 1.31. The number of benzene rings is 1. The highest BCUT2D eigenvalue weighted by Gasteiger charge is 2.31. The number of anilines is 1. The van der Waals surface area contributed by atoms with E-state index in [4.69, 9.17) is 0 Å². The molecular weight excluding hydrogens is 310 g/mol. The Hall–Kier alpha value is -1.40. The first-order valence-corrected chi connectivity index (χ1v) is 7.06. The van der Waals surface area contributed by atoms with Gasteiger partial charge in [-0.3, -0.25) is 14.9 Å². The largest absolute Gasteiger partial charge is 0.352 e. The van der Waals surface area contributed by atoms with Crippen LogP contribution in [0.25, 0.3) is 0 Å². The van der Waals surface area contributed by atoms with Crippen molar-refractivity contribution in [2.45, 2.75) is 24.9 Å². The Morgan fingerprint density at radius 1 is 1.42 bits per heavy atom. The fraction of sp³-hybridized carbons (Fsp3) is 0.385. The van der Waals surface area contributed by atoms with Gasteiger partial charge in [0.2, 0.25) is 11.8 Å². The van der Waals surface area contributed by atoms with Crippen molar-refractivity contribution < 1.29 is 9.59 Å². The quantitative estimate of drug-likeness (QED) is 0.782. The van der Waals surface area contributed by atoms with E-state index in [1.807, 2.05) is 18.2 Å². The van der Waals surface area contributed by atoms with Crippen LogP contribution in [0.3, 0.4) is 0 Å².